The Morgan fingerprint density at radius 1 is 1.21 bits per heavy atom. The summed E-state index contributed by atoms with van der Waals surface area (Å²) in [6.45, 7) is 2.20. The van der Waals surface area contributed by atoms with Crippen molar-refractivity contribution in [2.45, 2.75) is 18.2 Å². The Morgan fingerprint density at radius 2 is 1.88 bits per heavy atom. The molecule has 0 saturated carbocycles. The van der Waals surface area contributed by atoms with Crippen molar-refractivity contribution in [2.75, 3.05) is 11.3 Å². The predicted octanol–water partition coefficient (Wildman–Crippen LogP) is 3.85. The first-order chi connectivity index (χ1) is 11.3. The van der Waals surface area contributed by atoms with Gasteiger partial charge in [-0.05, 0) is 48.9 Å². The fourth-order valence-corrected chi connectivity index (χ4v) is 3.14. The maximum absolute atomic E-state index is 13.1. The molecule has 0 aliphatic heterocycles. The largest absolute Gasteiger partial charge is 0.462 e. The van der Waals surface area contributed by atoms with E-state index in [2.05, 4.69) is 4.72 Å². The van der Waals surface area contributed by atoms with Crippen LogP contribution in [0.25, 0.3) is 0 Å². The highest BCUT2D eigenvalue weighted by atomic mass is 35.5. The van der Waals surface area contributed by atoms with Crippen LogP contribution >= 0.6 is 11.6 Å². The lowest BCUT2D eigenvalue weighted by Crippen LogP contribution is -2.13. The van der Waals surface area contributed by atoms with E-state index in [0.717, 1.165) is 18.2 Å². The fourth-order valence-electron chi connectivity index (χ4n) is 1.81. The Morgan fingerprint density at radius 3 is 2.46 bits per heavy atom. The van der Waals surface area contributed by atoms with Gasteiger partial charge in [-0.1, -0.05) is 18.5 Å². The number of ether oxygens (including phenoxy) is 1. The number of rotatable bonds is 6. The molecule has 5 nitrogen and oxygen atoms in total. The molecule has 2 rings (SSSR count). The van der Waals surface area contributed by atoms with E-state index in [-0.39, 0.29) is 15.6 Å². The maximum Gasteiger partial charge on any atom is 0.338 e. The number of halogens is 2. The zero-order chi connectivity index (χ0) is 17.7. The highest BCUT2D eigenvalue weighted by Crippen LogP contribution is 2.22. The molecule has 24 heavy (non-hydrogen) atoms. The number of benzene rings is 2. The van der Waals surface area contributed by atoms with Crippen molar-refractivity contribution >= 4 is 33.3 Å². The standard InChI is InChI=1S/C16H15ClFNO4S/c1-2-9-23-16(20)11-3-5-12(6-4-11)19-24(21,22)13-7-8-15(18)14(17)10-13/h3-8,10,19H,2,9H2,1H3. The molecule has 128 valence electrons. The summed E-state index contributed by atoms with van der Waals surface area (Å²) in [5.41, 5.74) is 0.568. The molecule has 1 N–H and O–H groups in total. The quantitative estimate of drug-likeness (QED) is 0.783. The Labute approximate surface area is 144 Å². The van der Waals surface area contributed by atoms with E-state index in [0.29, 0.717) is 18.6 Å². The SMILES string of the molecule is CCCOC(=O)c1ccc(NS(=O)(=O)c2ccc(F)c(Cl)c2)cc1. The first-order valence-electron chi connectivity index (χ1n) is 7.08. The lowest BCUT2D eigenvalue weighted by atomic mass is 10.2. The van der Waals surface area contributed by atoms with E-state index in [1.807, 2.05) is 6.92 Å². The van der Waals surface area contributed by atoms with Crippen molar-refractivity contribution in [2.24, 2.45) is 0 Å². The topological polar surface area (TPSA) is 72.5 Å². The van der Waals surface area contributed by atoms with E-state index in [1.165, 1.54) is 24.3 Å². The smallest absolute Gasteiger partial charge is 0.338 e. The molecule has 2 aromatic carbocycles. The molecule has 0 aliphatic rings. The number of hydrogen-bond acceptors (Lipinski definition) is 4. The van der Waals surface area contributed by atoms with Crippen LogP contribution in [0.4, 0.5) is 10.1 Å². The normalized spacial score (nSPS) is 11.1. The summed E-state index contributed by atoms with van der Waals surface area (Å²) in [5, 5.41) is -0.285. The molecule has 0 spiro atoms. The molecule has 0 bridgehead atoms. The summed E-state index contributed by atoms with van der Waals surface area (Å²) in [5.74, 6) is -1.18. The molecule has 0 fully saturated rings. The molecule has 2 aromatic rings. The summed E-state index contributed by atoms with van der Waals surface area (Å²) in [4.78, 5) is 11.5. The predicted molar refractivity (Wildman–Crippen MR) is 89.2 cm³/mol. The minimum absolute atomic E-state index is 0.166. The summed E-state index contributed by atoms with van der Waals surface area (Å²) >= 11 is 5.60. The molecule has 0 saturated heterocycles. The number of carbonyl (C=O) groups excluding carboxylic acids is 1. The number of anilines is 1. The van der Waals surface area contributed by atoms with Gasteiger partial charge in [-0.2, -0.15) is 0 Å². The molecule has 0 radical (unpaired) electrons. The summed E-state index contributed by atoms with van der Waals surface area (Å²) in [6, 6.07) is 8.89. The lowest BCUT2D eigenvalue weighted by molar-refractivity contribution is 0.0505. The zero-order valence-corrected chi connectivity index (χ0v) is 14.3. The molecule has 0 aromatic heterocycles. The van der Waals surface area contributed by atoms with Gasteiger partial charge in [0.2, 0.25) is 0 Å². The highest BCUT2D eigenvalue weighted by molar-refractivity contribution is 7.92. The van der Waals surface area contributed by atoms with Gasteiger partial charge >= 0.3 is 5.97 Å². The van der Waals surface area contributed by atoms with E-state index in [9.17, 15) is 17.6 Å². The Bertz CT molecular complexity index is 838. The Balaban J connectivity index is 2.15. The minimum Gasteiger partial charge on any atom is -0.462 e. The van der Waals surface area contributed by atoms with Crippen LogP contribution in [0.15, 0.2) is 47.4 Å². The van der Waals surface area contributed by atoms with Gasteiger partial charge in [0.05, 0.1) is 22.1 Å². The minimum atomic E-state index is -3.92. The number of hydrogen-bond donors (Lipinski definition) is 1. The first kappa shape index (κ1) is 18.2. The molecule has 0 unspecified atom stereocenters. The van der Waals surface area contributed by atoms with Crippen LogP contribution in [0.2, 0.25) is 5.02 Å². The van der Waals surface area contributed by atoms with Gasteiger partial charge < -0.3 is 4.74 Å². The number of sulfonamides is 1. The van der Waals surface area contributed by atoms with Gasteiger partial charge in [0.15, 0.2) is 0 Å². The van der Waals surface area contributed by atoms with Crippen LogP contribution < -0.4 is 4.72 Å². The van der Waals surface area contributed by atoms with Gasteiger partial charge in [-0.25, -0.2) is 17.6 Å². The average molecular weight is 372 g/mol. The first-order valence-corrected chi connectivity index (χ1v) is 8.94. The average Bonchev–Trinajstić information content (AvgIpc) is 2.55. The van der Waals surface area contributed by atoms with Crippen molar-refractivity contribution in [1.82, 2.24) is 0 Å². The van der Waals surface area contributed by atoms with E-state index >= 15 is 0 Å². The molecule has 0 heterocycles. The van der Waals surface area contributed by atoms with Crippen LogP contribution in [-0.4, -0.2) is 21.0 Å². The van der Waals surface area contributed by atoms with Crippen LogP contribution in [0.1, 0.15) is 23.7 Å². The summed E-state index contributed by atoms with van der Waals surface area (Å²) in [6.07, 6.45) is 0.712. The second-order valence-electron chi connectivity index (χ2n) is 4.89. The second-order valence-corrected chi connectivity index (χ2v) is 6.98. The molecule has 8 heteroatoms. The van der Waals surface area contributed by atoms with Crippen LogP contribution in [0.5, 0.6) is 0 Å². The van der Waals surface area contributed by atoms with Gasteiger partial charge in [0.1, 0.15) is 5.82 Å². The van der Waals surface area contributed by atoms with Crippen LogP contribution in [0, 0.1) is 5.82 Å². The third-order valence-electron chi connectivity index (χ3n) is 3.01. The summed E-state index contributed by atoms with van der Waals surface area (Å²) < 4.78 is 44.9. The molecule has 0 atom stereocenters. The number of carbonyl (C=O) groups is 1. The van der Waals surface area contributed by atoms with Gasteiger partial charge in [-0.3, -0.25) is 4.72 Å². The summed E-state index contributed by atoms with van der Waals surface area (Å²) in [7, 11) is -3.92. The van der Waals surface area contributed by atoms with E-state index < -0.39 is 21.8 Å². The Hall–Kier alpha value is -2.12. The van der Waals surface area contributed by atoms with Crippen LogP contribution in [0.3, 0.4) is 0 Å². The monoisotopic (exact) mass is 371 g/mol. The second kappa shape index (κ2) is 7.63. The maximum atomic E-state index is 13.1. The van der Waals surface area contributed by atoms with E-state index in [4.69, 9.17) is 16.3 Å². The molecule has 0 amide bonds. The van der Waals surface area contributed by atoms with Crippen molar-refractivity contribution in [3.63, 3.8) is 0 Å². The highest BCUT2D eigenvalue weighted by Gasteiger charge is 2.16. The third-order valence-corrected chi connectivity index (χ3v) is 4.68. The van der Waals surface area contributed by atoms with Crippen molar-refractivity contribution in [3.8, 4) is 0 Å². The van der Waals surface area contributed by atoms with Crippen LogP contribution in [-0.2, 0) is 14.8 Å². The van der Waals surface area contributed by atoms with Crippen molar-refractivity contribution in [1.29, 1.82) is 0 Å². The lowest BCUT2D eigenvalue weighted by Gasteiger charge is -2.09. The zero-order valence-electron chi connectivity index (χ0n) is 12.8. The third kappa shape index (κ3) is 4.46. The van der Waals surface area contributed by atoms with Gasteiger partial charge in [0, 0.05) is 5.69 Å². The fraction of sp³-hybridized carbons (Fsp3) is 0.188. The van der Waals surface area contributed by atoms with Crippen molar-refractivity contribution in [3.05, 3.63) is 58.9 Å². The van der Waals surface area contributed by atoms with Crippen molar-refractivity contribution < 1.29 is 22.3 Å². The Kier molecular flexibility index (Phi) is 5.80. The molecule has 0 aliphatic carbocycles. The van der Waals surface area contributed by atoms with Gasteiger partial charge in [0.25, 0.3) is 10.0 Å². The van der Waals surface area contributed by atoms with E-state index in [1.54, 1.807) is 0 Å². The molecular formula is C16H15ClFNO4S. The van der Waals surface area contributed by atoms with Gasteiger partial charge in [-0.15, -0.1) is 0 Å². The molecular weight excluding hydrogens is 357 g/mol. The number of nitrogens with one attached hydrogen (secondary N) is 1. The number of esters is 1.